The maximum absolute atomic E-state index is 12.2. The number of nitrogens with one attached hydrogen (secondary N) is 1. The molecule has 1 saturated heterocycles. The van der Waals surface area contributed by atoms with Crippen LogP contribution < -0.4 is 5.32 Å². The van der Waals surface area contributed by atoms with E-state index in [1.54, 1.807) is 11.9 Å². The highest BCUT2D eigenvalue weighted by atomic mass is 79.9. The van der Waals surface area contributed by atoms with Crippen molar-refractivity contribution in [2.75, 3.05) is 26.7 Å². The lowest BCUT2D eigenvalue weighted by atomic mass is 10.2. The largest absolute Gasteiger partial charge is 0.366 e. The lowest BCUT2D eigenvalue weighted by Crippen LogP contribution is -2.48. The van der Waals surface area contributed by atoms with Crippen LogP contribution in [0.1, 0.15) is 5.56 Å². The van der Waals surface area contributed by atoms with Crippen molar-refractivity contribution < 1.29 is 9.53 Å². The molecule has 4 nitrogen and oxygen atoms in total. The summed E-state index contributed by atoms with van der Waals surface area (Å²) in [6.07, 6.45) is -0.355. The first-order valence-electron chi connectivity index (χ1n) is 5.99. The van der Waals surface area contributed by atoms with Gasteiger partial charge in [-0.2, -0.15) is 0 Å². The molecule has 2 rings (SSSR count). The molecule has 1 amide bonds. The molecule has 1 fully saturated rings. The van der Waals surface area contributed by atoms with Crippen LogP contribution >= 0.6 is 28.3 Å². The van der Waals surface area contributed by atoms with Gasteiger partial charge in [0.05, 0.1) is 6.61 Å². The third kappa shape index (κ3) is 4.45. The third-order valence-electron chi connectivity index (χ3n) is 2.94. The zero-order chi connectivity index (χ0) is 13.0. The molecule has 1 unspecified atom stereocenters. The molecule has 1 N–H and O–H groups in total. The SMILES string of the molecule is CN(Cc1ccccc1Br)C(=O)C1CNCCO1.Cl. The Bertz CT molecular complexity index is 425. The zero-order valence-electron chi connectivity index (χ0n) is 10.8. The van der Waals surface area contributed by atoms with Gasteiger partial charge in [-0.15, -0.1) is 12.4 Å². The molecule has 0 bridgehead atoms. The van der Waals surface area contributed by atoms with E-state index in [2.05, 4.69) is 21.2 Å². The van der Waals surface area contributed by atoms with E-state index < -0.39 is 0 Å². The number of morpholine rings is 1. The first kappa shape index (κ1) is 16.4. The van der Waals surface area contributed by atoms with Crippen molar-refractivity contribution in [3.8, 4) is 0 Å². The van der Waals surface area contributed by atoms with Gasteiger partial charge in [-0.1, -0.05) is 34.1 Å². The van der Waals surface area contributed by atoms with Crippen molar-refractivity contribution in [2.45, 2.75) is 12.6 Å². The van der Waals surface area contributed by atoms with Gasteiger partial charge in [0, 0.05) is 31.2 Å². The predicted molar refractivity (Wildman–Crippen MR) is 80.5 cm³/mol. The summed E-state index contributed by atoms with van der Waals surface area (Å²) in [6.45, 7) is 2.59. The fraction of sp³-hybridized carbons (Fsp3) is 0.462. The summed E-state index contributed by atoms with van der Waals surface area (Å²) in [7, 11) is 1.81. The molecule has 6 heteroatoms. The highest BCUT2D eigenvalue weighted by molar-refractivity contribution is 9.10. The smallest absolute Gasteiger partial charge is 0.253 e. The molecule has 0 aromatic heterocycles. The molecule has 1 aromatic rings. The molecule has 0 radical (unpaired) electrons. The fourth-order valence-electron chi connectivity index (χ4n) is 1.93. The monoisotopic (exact) mass is 348 g/mol. The van der Waals surface area contributed by atoms with Gasteiger partial charge in [0.15, 0.2) is 0 Å². The molecule has 1 aromatic carbocycles. The van der Waals surface area contributed by atoms with E-state index in [-0.39, 0.29) is 24.4 Å². The van der Waals surface area contributed by atoms with Crippen LogP contribution in [0.3, 0.4) is 0 Å². The molecule has 1 atom stereocenters. The number of carbonyl (C=O) groups excluding carboxylic acids is 1. The molecule has 1 aliphatic rings. The first-order chi connectivity index (χ1) is 8.68. The number of likely N-dealkylation sites (N-methyl/N-ethyl adjacent to an activating group) is 1. The van der Waals surface area contributed by atoms with Gasteiger partial charge in [-0.25, -0.2) is 0 Å². The summed E-state index contributed by atoms with van der Waals surface area (Å²) in [4.78, 5) is 13.9. The average molecular weight is 350 g/mol. The highest BCUT2D eigenvalue weighted by Gasteiger charge is 2.24. The van der Waals surface area contributed by atoms with Crippen LogP contribution in [-0.4, -0.2) is 43.7 Å². The van der Waals surface area contributed by atoms with Crippen LogP contribution in [0.2, 0.25) is 0 Å². The normalized spacial score (nSPS) is 18.5. The van der Waals surface area contributed by atoms with Crippen LogP contribution in [0.5, 0.6) is 0 Å². The Hall–Kier alpha value is -0.620. The molecule has 1 aliphatic heterocycles. The Kier molecular flexibility index (Phi) is 6.79. The number of halogens is 2. The molecular weight excluding hydrogens is 332 g/mol. The van der Waals surface area contributed by atoms with E-state index in [0.717, 1.165) is 16.6 Å². The molecular formula is C13H18BrClN2O2. The van der Waals surface area contributed by atoms with Gasteiger partial charge >= 0.3 is 0 Å². The van der Waals surface area contributed by atoms with E-state index in [1.807, 2.05) is 24.3 Å². The number of benzene rings is 1. The average Bonchev–Trinajstić information content (AvgIpc) is 2.41. The van der Waals surface area contributed by atoms with Gasteiger partial charge in [0.2, 0.25) is 0 Å². The molecule has 0 aliphatic carbocycles. The fourth-order valence-corrected chi connectivity index (χ4v) is 2.34. The summed E-state index contributed by atoms with van der Waals surface area (Å²) < 4.78 is 6.48. The predicted octanol–water partition coefficient (Wildman–Crippen LogP) is 1.82. The first-order valence-corrected chi connectivity index (χ1v) is 6.78. The summed E-state index contributed by atoms with van der Waals surface area (Å²) in [5.74, 6) is 0.0259. The standard InChI is InChI=1S/C13H17BrN2O2.ClH/c1-16(9-10-4-2-3-5-11(10)14)13(17)12-8-15-6-7-18-12;/h2-5,12,15H,6-9H2,1H3;1H. The van der Waals surface area contributed by atoms with E-state index in [4.69, 9.17) is 4.74 Å². The van der Waals surface area contributed by atoms with Crippen LogP contribution in [0.25, 0.3) is 0 Å². The number of amides is 1. The Morgan fingerprint density at radius 3 is 2.89 bits per heavy atom. The van der Waals surface area contributed by atoms with Crippen LogP contribution in [0.15, 0.2) is 28.7 Å². The number of nitrogens with zero attached hydrogens (tertiary/aromatic N) is 1. The number of rotatable bonds is 3. The summed E-state index contributed by atoms with van der Waals surface area (Å²) in [5, 5.41) is 3.16. The minimum Gasteiger partial charge on any atom is -0.366 e. The molecule has 19 heavy (non-hydrogen) atoms. The lowest BCUT2D eigenvalue weighted by molar-refractivity contribution is -0.144. The number of hydrogen-bond acceptors (Lipinski definition) is 3. The molecule has 0 saturated carbocycles. The van der Waals surface area contributed by atoms with Gasteiger partial charge in [0.25, 0.3) is 5.91 Å². The van der Waals surface area contributed by atoms with Crippen LogP contribution in [-0.2, 0) is 16.1 Å². The van der Waals surface area contributed by atoms with Gasteiger partial charge in [-0.05, 0) is 11.6 Å². The Balaban J connectivity index is 0.00000180. The number of hydrogen-bond donors (Lipinski definition) is 1. The van der Waals surface area contributed by atoms with Crippen molar-refractivity contribution in [3.05, 3.63) is 34.3 Å². The van der Waals surface area contributed by atoms with Crippen LogP contribution in [0, 0.1) is 0 Å². The minimum atomic E-state index is -0.355. The minimum absolute atomic E-state index is 0. The van der Waals surface area contributed by atoms with Gasteiger partial charge < -0.3 is 15.0 Å². The topological polar surface area (TPSA) is 41.6 Å². The second kappa shape index (κ2) is 7.85. The van der Waals surface area contributed by atoms with Crippen molar-refractivity contribution in [1.82, 2.24) is 10.2 Å². The molecule has 1 heterocycles. The van der Waals surface area contributed by atoms with E-state index in [9.17, 15) is 4.79 Å². The summed E-state index contributed by atoms with van der Waals surface area (Å²) in [6, 6.07) is 7.92. The second-order valence-electron chi connectivity index (χ2n) is 4.35. The summed E-state index contributed by atoms with van der Waals surface area (Å²) >= 11 is 3.49. The van der Waals surface area contributed by atoms with E-state index >= 15 is 0 Å². The highest BCUT2D eigenvalue weighted by Crippen LogP contribution is 2.17. The zero-order valence-corrected chi connectivity index (χ0v) is 13.2. The number of ether oxygens (including phenoxy) is 1. The third-order valence-corrected chi connectivity index (χ3v) is 3.72. The van der Waals surface area contributed by atoms with Crippen molar-refractivity contribution in [2.24, 2.45) is 0 Å². The van der Waals surface area contributed by atoms with Gasteiger partial charge in [0.1, 0.15) is 6.10 Å². The van der Waals surface area contributed by atoms with Crippen LogP contribution in [0.4, 0.5) is 0 Å². The Morgan fingerprint density at radius 2 is 2.26 bits per heavy atom. The van der Waals surface area contributed by atoms with E-state index in [0.29, 0.717) is 19.7 Å². The number of carbonyl (C=O) groups is 1. The molecule has 0 spiro atoms. The maximum atomic E-state index is 12.2. The van der Waals surface area contributed by atoms with Gasteiger partial charge in [-0.3, -0.25) is 4.79 Å². The maximum Gasteiger partial charge on any atom is 0.253 e. The lowest BCUT2D eigenvalue weighted by Gasteiger charge is -2.27. The van der Waals surface area contributed by atoms with E-state index in [1.165, 1.54) is 0 Å². The Morgan fingerprint density at radius 1 is 1.53 bits per heavy atom. The Labute approximate surface area is 128 Å². The quantitative estimate of drug-likeness (QED) is 0.905. The second-order valence-corrected chi connectivity index (χ2v) is 5.20. The van der Waals surface area contributed by atoms with Crippen molar-refractivity contribution in [1.29, 1.82) is 0 Å². The van der Waals surface area contributed by atoms with Crippen molar-refractivity contribution in [3.63, 3.8) is 0 Å². The molecule has 106 valence electrons. The summed E-state index contributed by atoms with van der Waals surface area (Å²) in [5.41, 5.74) is 1.09. The van der Waals surface area contributed by atoms with Crippen molar-refractivity contribution >= 4 is 34.2 Å².